The number of hydrogen-bond acceptors (Lipinski definition) is 5. The summed E-state index contributed by atoms with van der Waals surface area (Å²) in [4.78, 5) is 10.9. The average Bonchev–Trinajstić information content (AvgIpc) is 2.86. The van der Waals surface area contributed by atoms with E-state index in [2.05, 4.69) is 14.9 Å². The van der Waals surface area contributed by atoms with Gasteiger partial charge >= 0.3 is 0 Å². The Morgan fingerprint density at radius 1 is 1.41 bits per heavy atom. The molecule has 1 N–H and O–H groups in total. The topological polar surface area (TPSA) is 58.5 Å². The maximum absolute atomic E-state index is 9.41. The maximum Gasteiger partial charge on any atom is 0.135 e. The van der Waals surface area contributed by atoms with E-state index >= 15 is 0 Å². The van der Waals surface area contributed by atoms with Crippen LogP contribution in [-0.2, 0) is 17.6 Å². The predicted molar refractivity (Wildman–Crippen MR) is 63.1 cm³/mol. The molecule has 1 aromatic rings. The van der Waals surface area contributed by atoms with Crippen molar-refractivity contribution < 1.29 is 9.84 Å². The minimum absolute atomic E-state index is 0.0309. The molecule has 5 heteroatoms. The molecule has 1 atom stereocenters. The van der Waals surface area contributed by atoms with Crippen LogP contribution in [0.3, 0.4) is 0 Å². The first-order chi connectivity index (χ1) is 8.40. The Kier molecular flexibility index (Phi) is 2.94. The van der Waals surface area contributed by atoms with Gasteiger partial charge in [0.15, 0.2) is 0 Å². The number of ether oxygens (including phenoxy) is 1. The number of fused-ring (bicyclic) bond motifs is 1. The van der Waals surface area contributed by atoms with Crippen molar-refractivity contribution in [3.63, 3.8) is 0 Å². The van der Waals surface area contributed by atoms with E-state index in [0.717, 1.165) is 31.6 Å². The molecule has 2 heterocycles. The van der Waals surface area contributed by atoms with Crippen LogP contribution in [0.2, 0.25) is 0 Å². The van der Waals surface area contributed by atoms with Crippen LogP contribution >= 0.6 is 0 Å². The summed E-state index contributed by atoms with van der Waals surface area (Å²) in [6.07, 6.45) is 4.92. The van der Waals surface area contributed by atoms with E-state index in [0.29, 0.717) is 13.2 Å². The Morgan fingerprint density at radius 2 is 2.35 bits per heavy atom. The molecule has 1 unspecified atom stereocenters. The van der Waals surface area contributed by atoms with Gasteiger partial charge in [0.05, 0.1) is 25.9 Å². The SMILES string of the molecule is OCC1COCCN1c1ncnc2c1CCC2. The number of hydrogen-bond donors (Lipinski definition) is 1. The zero-order valence-corrected chi connectivity index (χ0v) is 9.80. The molecule has 92 valence electrons. The third-order valence-electron chi connectivity index (χ3n) is 3.56. The van der Waals surface area contributed by atoms with Crippen LogP contribution < -0.4 is 4.90 Å². The zero-order chi connectivity index (χ0) is 11.7. The third-order valence-corrected chi connectivity index (χ3v) is 3.56. The molecule has 0 radical (unpaired) electrons. The van der Waals surface area contributed by atoms with Gasteiger partial charge in [0.25, 0.3) is 0 Å². The number of rotatable bonds is 2. The van der Waals surface area contributed by atoms with Crippen molar-refractivity contribution in [2.24, 2.45) is 0 Å². The van der Waals surface area contributed by atoms with Gasteiger partial charge in [-0.3, -0.25) is 0 Å². The highest BCUT2D eigenvalue weighted by molar-refractivity contribution is 5.51. The van der Waals surface area contributed by atoms with E-state index in [9.17, 15) is 5.11 Å². The highest BCUT2D eigenvalue weighted by Gasteiger charge is 2.28. The molecule has 5 nitrogen and oxygen atoms in total. The summed E-state index contributed by atoms with van der Waals surface area (Å²) in [7, 11) is 0. The van der Waals surface area contributed by atoms with Crippen LogP contribution in [0.4, 0.5) is 5.82 Å². The van der Waals surface area contributed by atoms with E-state index in [1.165, 1.54) is 11.3 Å². The second-order valence-corrected chi connectivity index (χ2v) is 4.58. The van der Waals surface area contributed by atoms with Crippen molar-refractivity contribution in [2.45, 2.75) is 25.3 Å². The second-order valence-electron chi connectivity index (χ2n) is 4.58. The number of aliphatic hydroxyl groups excluding tert-OH is 1. The fourth-order valence-corrected chi connectivity index (χ4v) is 2.67. The van der Waals surface area contributed by atoms with Gasteiger partial charge in [-0.05, 0) is 19.3 Å². The normalized spacial score (nSPS) is 23.8. The monoisotopic (exact) mass is 235 g/mol. The fourth-order valence-electron chi connectivity index (χ4n) is 2.67. The molecule has 1 fully saturated rings. The number of anilines is 1. The lowest BCUT2D eigenvalue weighted by atomic mass is 10.1. The Labute approximate surface area is 100 Å². The number of morpholine rings is 1. The van der Waals surface area contributed by atoms with E-state index in [4.69, 9.17) is 4.74 Å². The van der Waals surface area contributed by atoms with Gasteiger partial charge in [-0.25, -0.2) is 9.97 Å². The molecule has 0 amide bonds. The lowest BCUT2D eigenvalue weighted by Gasteiger charge is -2.36. The zero-order valence-electron chi connectivity index (χ0n) is 9.80. The van der Waals surface area contributed by atoms with Gasteiger partial charge in [0.1, 0.15) is 12.1 Å². The lowest BCUT2D eigenvalue weighted by molar-refractivity contribution is 0.0722. The quantitative estimate of drug-likeness (QED) is 0.791. The van der Waals surface area contributed by atoms with Crippen LogP contribution in [0.1, 0.15) is 17.7 Å². The summed E-state index contributed by atoms with van der Waals surface area (Å²) in [5.41, 5.74) is 2.45. The molecule has 0 saturated carbocycles. The van der Waals surface area contributed by atoms with Gasteiger partial charge in [-0.1, -0.05) is 0 Å². The molecule has 2 aliphatic rings. The summed E-state index contributed by atoms with van der Waals surface area (Å²) in [5, 5.41) is 9.41. The molecule has 1 aromatic heterocycles. The first kappa shape index (κ1) is 10.9. The summed E-state index contributed by atoms with van der Waals surface area (Å²) < 4.78 is 5.40. The molecular weight excluding hydrogens is 218 g/mol. The van der Waals surface area contributed by atoms with E-state index in [-0.39, 0.29) is 12.6 Å². The predicted octanol–water partition coefficient (Wildman–Crippen LogP) is 0.163. The van der Waals surface area contributed by atoms with Crippen LogP contribution in [0.15, 0.2) is 6.33 Å². The molecule has 1 aliphatic carbocycles. The Hall–Kier alpha value is -1.20. The van der Waals surface area contributed by atoms with Gasteiger partial charge in [-0.2, -0.15) is 0 Å². The molecule has 0 bridgehead atoms. The Balaban J connectivity index is 1.95. The lowest BCUT2D eigenvalue weighted by Crippen LogP contribution is -2.48. The Morgan fingerprint density at radius 3 is 3.24 bits per heavy atom. The van der Waals surface area contributed by atoms with Crippen LogP contribution in [0.25, 0.3) is 0 Å². The van der Waals surface area contributed by atoms with Gasteiger partial charge in [-0.15, -0.1) is 0 Å². The van der Waals surface area contributed by atoms with E-state index < -0.39 is 0 Å². The van der Waals surface area contributed by atoms with Crippen molar-refractivity contribution >= 4 is 5.82 Å². The first-order valence-electron chi connectivity index (χ1n) is 6.18. The van der Waals surface area contributed by atoms with Crippen molar-refractivity contribution in [1.29, 1.82) is 0 Å². The van der Waals surface area contributed by atoms with Gasteiger partial charge < -0.3 is 14.7 Å². The van der Waals surface area contributed by atoms with Crippen LogP contribution in [0.5, 0.6) is 0 Å². The minimum atomic E-state index is 0.0309. The van der Waals surface area contributed by atoms with Crippen molar-refractivity contribution in [3.8, 4) is 0 Å². The summed E-state index contributed by atoms with van der Waals surface area (Å²) in [5.74, 6) is 1.01. The smallest absolute Gasteiger partial charge is 0.135 e. The summed E-state index contributed by atoms with van der Waals surface area (Å²) >= 11 is 0. The summed E-state index contributed by atoms with van der Waals surface area (Å²) in [6, 6.07) is 0.0309. The first-order valence-corrected chi connectivity index (χ1v) is 6.18. The fraction of sp³-hybridized carbons (Fsp3) is 0.667. The number of aryl methyl sites for hydroxylation is 1. The molecule has 1 saturated heterocycles. The summed E-state index contributed by atoms with van der Waals surface area (Å²) in [6.45, 7) is 2.19. The third kappa shape index (κ3) is 1.89. The molecule has 0 spiro atoms. The number of aromatic nitrogens is 2. The number of aliphatic hydroxyl groups is 1. The van der Waals surface area contributed by atoms with Gasteiger partial charge in [0, 0.05) is 17.8 Å². The van der Waals surface area contributed by atoms with Crippen LogP contribution in [-0.4, -0.2) is 47.5 Å². The highest BCUT2D eigenvalue weighted by Crippen LogP contribution is 2.29. The van der Waals surface area contributed by atoms with E-state index in [1.54, 1.807) is 6.33 Å². The standard InChI is InChI=1S/C12H17N3O2/c16-6-9-7-17-5-4-15(9)12-10-2-1-3-11(10)13-8-14-12/h8-9,16H,1-7H2. The van der Waals surface area contributed by atoms with E-state index in [1.807, 2.05) is 0 Å². The van der Waals surface area contributed by atoms with Crippen molar-refractivity contribution in [3.05, 3.63) is 17.6 Å². The second kappa shape index (κ2) is 4.58. The van der Waals surface area contributed by atoms with Gasteiger partial charge in [0.2, 0.25) is 0 Å². The van der Waals surface area contributed by atoms with Crippen molar-refractivity contribution in [1.82, 2.24) is 9.97 Å². The Bertz CT molecular complexity index is 411. The largest absolute Gasteiger partial charge is 0.394 e. The average molecular weight is 235 g/mol. The maximum atomic E-state index is 9.41. The van der Waals surface area contributed by atoms with Crippen LogP contribution in [0, 0.1) is 0 Å². The number of nitrogens with zero attached hydrogens (tertiary/aromatic N) is 3. The van der Waals surface area contributed by atoms with Crippen molar-refractivity contribution in [2.75, 3.05) is 31.3 Å². The molecule has 3 rings (SSSR count). The molecular formula is C12H17N3O2. The molecule has 17 heavy (non-hydrogen) atoms. The molecule has 1 aliphatic heterocycles. The molecule has 0 aromatic carbocycles. The minimum Gasteiger partial charge on any atom is -0.394 e. The highest BCUT2D eigenvalue weighted by atomic mass is 16.5.